The maximum absolute atomic E-state index is 5.15. The molecule has 0 unspecified atom stereocenters. The number of benzene rings is 3. The monoisotopic (exact) mass is 496 g/mol. The molecule has 4 rings (SSSR count). The molecule has 0 amide bonds. The summed E-state index contributed by atoms with van der Waals surface area (Å²) in [5.41, 5.74) is 11.1. The summed E-state index contributed by atoms with van der Waals surface area (Å²) in [7, 11) is 0. The Labute approximate surface area is 227 Å². The van der Waals surface area contributed by atoms with Crippen molar-refractivity contribution >= 4 is 27.9 Å². The second kappa shape index (κ2) is 12.8. The lowest BCUT2D eigenvalue weighted by Gasteiger charge is -2.11. The molecular formula is C36H36N2. The van der Waals surface area contributed by atoms with Crippen LogP contribution in [0.1, 0.15) is 52.2 Å². The number of hydrogen-bond donors (Lipinski definition) is 0. The molecule has 190 valence electrons. The summed E-state index contributed by atoms with van der Waals surface area (Å²) < 4.78 is 0. The molecule has 4 aromatic rings. The van der Waals surface area contributed by atoms with Gasteiger partial charge < -0.3 is 0 Å². The van der Waals surface area contributed by atoms with Crippen molar-refractivity contribution in [2.24, 2.45) is 4.99 Å². The first kappa shape index (κ1) is 26.8. The Morgan fingerprint density at radius 3 is 2.21 bits per heavy atom. The number of pyridine rings is 1. The summed E-state index contributed by atoms with van der Waals surface area (Å²) in [4.78, 5) is 9.79. The molecule has 0 saturated carbocycles. The molecule has 1 heterocycles. The highest BCUT2D eigenvalue weighted by molar-refractivity contribution is 6.02. The summed E-state index contributed by atoms with van der Waals surface area (Å²) >= 11 is 0. The lowest BCUT2D eigenvalue weighted by molar-refractivity contribution is 1.22. The van der Waals surface area contributed by atoms with E-state index in [1.54, 1.807) is 0 Å². The minimum atomic E-state index is 0.943. The fourth-order valence-corrected chi connectivity index (χ4v) is 4.25. The summed E-state index contributed by atoms with van der Waals surface area (Å²) in [5.74, 6) is 0. The number of rotatable bonds is 8. The average Bonchev–Trinajstić information content (AvgIpc) is 2.95. The van der Waals surface area contributed by atoms with Gasteiger partial charge in [0.05, 0.1) is 11.2 Å². The molecule has 2 nitrogen and oxygen atoms in total. The van der Waals surface area contributed by atoms with Gasteiger partial charge in [-0.05, 0) is 74.6 Å². The maximum Gasteiger partial charge on any atom is 0.0711 e. The van der Waals surface area contributed by atoms with Gasteiger partial charge in [-0.1, -0.05) is 104 Å². The zero-order valence-corrected chi connectivity index (χ0v) is 23.1. The SMILES string of the molecule is CCC=C/C=C(C)/C(C)=N/C(=C\C(=C(C)C)c1ccccc1)c1ccc(-c2cnc3ccccc3c2)cc1. The number of nitrogens with zero attached hydrogens (tertiary/aromatic N) is 2. The van der Waals surface area contributed by atoms with E-state index < -0.39 is 0 Å². The number of hydrogen-bond acceptors (Lipinski definition) is 2. The molecular weight excluding hydrogens is 460 g/mol. The van der Waals surface area contributed by atoms with Gasteiger partial charge in [0.2, 0.25) is 0 Å². The third kappa shape index (κ3) is 6.72. The zero-order chi connectivity index (χ0) is 26.9. The predicted octanol–water partition coefficient (Wildman–Crippen LogP) is 10.1. The second-order valence-electron chi connectivity index (χ2n) is 9.69. The van der Waals surface area contributed by atoms with Gasteiger partial charge in [0.1, 0.15) is 0 Å². The highest BCUT2D eigenvalue weighted by Gasteiger charge is 2.09. The lowest BCUT2D eigenvalue weighted by Crippen LogP contribution is -1.96. The van der Waals surface area contributed by atoms with Gasteiger partial charge >= 0.3 is 0 Å². The van der Waals surface area contributed by atoms with E-state index in [2.05, 4.69) is 137 Å². The molecule has 38 heavy (non-hydrogen) atoms. The minimum absolute atomic E-state index is 0.943. The molecule has 2 heteroatoms. The third-order valence-corrected chi connectivity index (χ3v) is 6.59. The molecule has 3 aromatic carbocycles. The molecule has 0 bridgehead atoms. The number of aliphatic imine (C=N–C) groups is 1. The van der Waals surface area contributed by atoms with Crippen LogP contribution in [0.2, 0.25) is 0 Å². The van der Waals surface area contributed by atoms with Crippen molar-refractivity contribution in [1.29, 1.82) is 0 Å². The topological polar surface area (TPSA) is 25.2 Å². The number of fused-ring (bicyclic) bond motifs is 1. The van der Waals surface area contributed by atoms with Crippen molar-refractivity contribution in [1.82, 2.24) is 4.98 Å². The summed E-state index contributed by atoms with van der Waals surface area (Å²) in [6.45, 7) is 10.7. The Kier molecular flexibility index (Phi) is 9.00. The quantitative estimate of drug-likeness (QED) is 0.176. The van der Waals surface area contributed by atoms with Crippen molar-refractivity contribution < 1.29 is 0 Å². The predicted molar refractivity (Wildman–Crippen MR) is 166 cm³/mol. The molecule has 0 saturated heterocycles. The van der Waals surface area contributed by atoms with Crippen molar-refractivity contribution in [3.05, 3.63) is 138 Å². The van der Waals surface area contributed by atoms with Crippen molar-refractivity contribution in [2.45, 2.75) is 41.0 Å². The van der Waals surface area contributed by atoms with Crippen LogP contribution < -0.4 is 0 Å². The molecule has 0 spiro atoms. The van der Waals surface area contributed by atoms with E-state index in [0.717, 1.165) is 51.0 Å². The van der Waals surface area contributed by atoms with E-state index in [4.69, 9.17) is 4.99 Å². The van der Waals surface area contributed by atoms with E-state index in [9.17, 15) is 0 Å². The van der Waals surface area contributed by atoms with E-state index in [1.165, 1.54) is 16.7 Å². The standard InChI is InChI=1S/C36H36N2/c1-6-7-9-14-27(4)28(5)38-36(24-34(26(2)3)30-15-10-8-11-16-30)31-21-19-29(20-22-31)33-23-32-17-12-13-18-35(32)37-25-33/h7-25H,6H2,1-5H3/b9-7?,27-14+,36-24-,38-28+. The fraction of sp³-hybridized carbons (Fsp3) is 0.167. The van der Waals surface area contributed by atoms with Gasteiger partial charge in [-0.25, -0.2) is 0 Å². The maximum atomic E-state index is 5.15. The number of aromatic nitrogens is 1. The van der Waals surface area contributed by atoms with Crippen LogP contribution >= 0.6 is 0 Å². The summed E-state index contributed by atoms with van der Waals surface area (Å²) in [6.07, 6.45) is 11.6. The molecule has 0 radical (unpaired) electrons. The van der Waals surface area contributed by atoms with Crippen LogP contribution in [0.25, 0.3) is 33.3 Å². The van der Waals surface area contributed by atoms with E-state index >= 15 is 0 Å². The first-order chi connectivity index (χ1) is 18.5. The van der Waals surface area contributed by atoms with Crippen LogP contribution in [0.15, 0.2) is 132 Å². The Morgan fingerprint density at radius 1 is 0.789 bits per heavy atom. The molecule has 1 aromatic heterocycles. The molecule has 0 N–H and O–H groups in total. The Balaban J connectivity index is 1.77. The molecule has 0 atom stereocenters. The zero-order valence-electron chi connectivity index (χ0n) is 23.1. The average molecular weight is 497 g/mol. The third-order valence-electron chi connectivity index (χ3n) is 6.59. The lowest BCUT2D eigenvalue weighted by atomic mass is 9.97. The Bertz CT molecular complexity index is 1540. The van der Waals surface area contributed by atoms with E-state index in [0.29, 0.717) is 0 Å². The van der Waals surface area contributed by atoms with Crippen LogP contribution in [0.3, 0.4) is 0 Å². The molecule has 0 fully saturated rings. The second-order valence-corrected chi connectivity index (χ2v) is 9.69. The van der Waals surface area contributed by atoms with Crippen LogP contribution in [0.5, 0.6) is 0 Å². The van der Waals surface area contributed by atoms with E-state index in [-0.39, 0.29) is 0 Å². The van der Waals surface area contributed by atoms with Crippen LogP contribution in [-0.2, 0) is 0 Å². The number of para-hydroxylation sites is 1. The van der Waals surface area contributed by atoms with Crippen LogP contribution in [-0.4, -0.2) is 10.7 Å². The first-order valence-electron chi connectivity index (χ1n) is 13.3. The van der Waals surface area contributed by atoms with Gasteiger partial charge in [0, 0.05) is 28.4 Å². The van der Waals surface area contributed by atoms with Crippen molar-refractivity contribution in [3.63, 3.8) is 0 Å². The minimum Gasteiger partial charge on any atom is -0.256 e. The van der Waals surface area contributed by atoms with Gasteiger partial charge in [-0.15, -0.1) is 0 Å². The van der Waals surface area contributed by atoms with Gasteiger partial charge in [0.25, 0.3) is 0 Å². The van der Waals surface area contributed by atoms with Gasteiger partial charge in [-0.2, -0.15) is 0 Å². The Morgan fingerprint density at radius 2 is 1.50 bits per heavy atom. The first-order valence-corrected chi connectivity index (χ1v) is 13.3. The smallest absolute Gasteiger partial charge is 0.0711 e. The number of allylic oxidation sites excluding steroid dienone is 7. The Hall–Kier alpha value is -4.30. The van der Waals surface area contributed by atoms with Crippen molar-refractivity contribution in [3.8, 4) is 11.1 Å². The van der Waals surface area contributed by atoms with Crippen molar-refractivity contribution in [2.75, 3.05) is 0 Å². The normalized spacial score (nSPS) is 12.8. The van der Waals surface area contributed by atoms with E-state index in [1.807, 2.05) is 18.3 Å². The van der Waals surface area contributed by atoms with Gasteiger partial charge in [0.15, 0.2) is 0 Å². The summed E-state index contributed by atoms with van der Waals surface area (Å²) in [6, 6.07) is 29.6. The largest absolute Gasteiger partial charge is 0.256 e. The highest BCUT2D eigenvalue weighted by Crippen LogP contribution is 2.29. The fourth-order valence-electron chi connectivity index (χ4n) is 4.25. The molecule has 0 aliphatic rings. The van der Waals surface area contributed by atoms with Crippen LogP contribution in [0.4, 0.5) is 0 Å². The van der Waals surface area contributed by atoms with Crippen LogP contribution in [0, 0.1) is 0 Å². The molecule has 0 aliphatic heterocycles. The van der Waals surface area contributed by atoms with Gasteiger partial charge in [-0.3, -0.25) is 9.98 Å². The highest BCUT2D eigenvalue weighted by atomic mass is 14.8. The summed E-state index contributed by atoms with van der Waals surface area (Å²) in [5, 5.41) is 1.14. The molecule has 0 aliphatic carbocycles.